The second-order valence-electron chi connectivity index (χ2n) is 9.44. The van der Waals surface area contributed by atoms with Crippen LogP contribution in [0.5, 0.6) is 0 Å². The number of nitro groups is 1. The molecule has 0 spiro atoms. The molecule has 0 aliphatic carbocycles. The van der Waals surface area contributed by atoms with E-state index in [0.29, 0.717) is 29.0 Å². The van der Waals surface area contributed by atoms with Crippen LogP contribution in [0, 0.1) is 10.1 Å². The number of ether oxygens (including phenoxy) is 1. The highest BCUT2D eigenvalue weighted by atomic mass is 32.1. The molecule has 188 valence electrons. The van der Waals surface area contributed by atoms with E-state index in [9.17, 15) is 14.9 Å². The Labute approximate surface area is 218 Å². The molecule has 0 unspecified atom stereocenters. The second kappa shape index (κ2) is 9.70. The predicted octanol–water partition coefficient (Wildman–Crippen LogP) is 5.72. The predicted molar refractivity (Wildman–Crippen MR) is 143 cm³/mol. The summed E-state index contributed by atoms with van der Waals surface area (Å²) in [5.41, 5.74) is 3.02. The lowest BCUT2D eigenvalue weighted by molar-refractivity contribution is -0.384. The van der Waals surface area contributed by atoms with Crippen molar-refractivity contribution >= 4 is 40.0 Å². The fourth-order valence-corrected chi connectivity index (χ4v) is 4.98. The quantitative estimate of drug-likeness (QED) is 0.190. The van der Waals surface area contributed by atoms with E-state index >= 15 is 0 Å². The van der Waals surface area contributed by atoms with E-state index in [-0.39, 0.29) is 5.69 Å². The highest BCUT2D eigenvalue weighted by molar-refractivity contribution is 7.80. The average Bonchev–Trinajstić information content (AvgIpc) is 3.56. The van der Waals surface area contributed by atoms with Gasteiger partial charge in [0, 0.05) is 18.7 Å². The molecule has 5 rings (SSSR count). The Hall–Kier alpha value is -4.18. The lowest BCUT2D eigenvalue weighted by Crippen LogP contribution is -2.44. The number of fused-ring (bicyclic) bond motifs is 1. The first-order chi connectivity index (χ1) is 17.7. The minimum Gasteiger partial charge on any atom is -0.438 e. The van der Waals surface area contributed by atoms with Crippen molar-refractivity contribution in [1.29, 1.82) is 0 Å². The molecular weight excluding hydrogens is 490 g/mol. The number of hydrogen-bond acceptors (Lipinski definition) is 7. The van der Waals surface area contributed by atoms with Gasteiger partial charge in [-0.2, -0.15) is 0 Å². The Morgan fingerprint density at radius 3 is 2.49 bits per heavy atom. The van der Waals surface area contributed by atoms with Gasteiger partial charge >= 0.3 is 6.09 Å². The number of likely N-dealkylation sites (tertiary alicyclic amines) is 1. The number of rotatable bonds is 5. The van der Waals surface area contributed by atoms with Crippen molar-refractivity contribution in [3.05, 3.63) is 88.5 Å². The van der Waals surface area contributed by atoms with Crippen LogP contribution in [-0.2, 0) is 10.3 Å². The normalized spacial score (nSPS) is 15.6. The zero-order chi connectivity index (χ0) is 26.2. The highest BCUT2D eigenvalue weighted by Gasteiger charge is 2.37. The van der Waals surface area contributed by atoms with Crippen LogP contribution in [0.15, 0.2) is 72.8 Å². The summed E-state index contributed by atoms with van der Waals surface area (Å²) in [5.74, 6) is 0. The number of benzene rings is 3. The van der Waals surface area contributed by atoms with Crippen molar-refractivity contribution in [2.24, 2.45) is 0 Å². The molecule has 0 saturated carbocycles. The minimum atomic E-state index is -0.873. The van der Waals surface area contributed by atoms with Gasteiger partial charge in [0.15, 0.2) is 0 Å². The van der Waals surface area contributed by atoms with Crippen molar-refractivity contribution < 1.29 is 14.5 Å². The Morgan fingerprint density at radius 1 is 1.08 bits per heavy atom. The number of nitrogens with zero attached hydrogens (tertiary/aromatic N) is 5. The van der Waals surface area contributed by atoms with Crippen molar-refractivity contribution in [2.45, 2.75) is 38.3 Å². The molecule has 0 N–H and O–H groups in total. The van der Waals surface area contributed by atoms with Gasteiger partial charge in [-0.1, -0.05) is 72.0 Å². The molecule has 1 aliphatic rings. The summed E-state index contributed by atoms with van der Waals surface area (Å²) in [4.78, 5) is 26.0. The zero-order valence-electron chi connectivity index (χ0n) is 20.4. The summed E-state index contributed by atoms with van der Waals surface area (Å²) in [5, 5.41) is 19.4. The third-order valence-corrected chi connectivity index (χ3v) is 7.10. The molecule has 1 aromatic heterocycles. The molecule has 0 bridgehead atoms. The van der Waals surface area contributed by atoms with Gasteiger partial charge in [0.25, 0.3) is 5.69 Å². The first kappa shape index (κ1) is 24.5. The van der Waals surface area contributed by atoms with Crippen LogP contribution in [0.25, 0.3) is 22.2 Å². The summed E-state index contributed by atoms with van der Waals surface area (Å²) in [6.45, 7) is 4.20. The van der Waals surface area contributed by atoms with Gasteiger partial charge < -0.3 is 4.74 Å². The smallest absolute Gasteiger partial charge is 0.411 e. The van der Waals surface area contributed by atoms with Crippen LogP contribution in [0.1, 0.15) is 32.3 Å². The van der Waals surface area contributed by atoms with Crippen molar-refractivity contribution in [1.82, 2.24) is 19.9 Å². The summed E-state index contributed by atoms with van der Waals surface area (Å²) in [6.07, 6.45) is 0.910. The molecule has 1 saturated heterocycles. The second-order valence-corrected chi connectivity index (χ2v) is 9.86. The molecule has 37 heavy (non-hydrogen) atoms. The van der Waals surface area contributed by atoms with E-state index in [0.717, 1.165) is 23.1 Å². The van der Waals surface area contributed by atoms with E-state index < -0.39 is 22.7 Å². The van der Waals surface area contributed by atoms with E-state index in [1.807, 2.05) is 68.4 Å². The van der Waals surface area contributed by atoms with Gasteiger partial charge in [-0.15, -0.1) is 5.10 Å². The maximum atomic E-state index is 13.3. The van der Waals surface area contributed by atoms with E-state index in [4.69, 9.17) is 17.0 Å². The topological polar surface area (TPSA) is 103 Å². The number of carbonyl (C=O) groups is 1. The Bertz CT molecular complexity index is 1480. The fraction of sp³-hybridized carbons (Fsp3) is 0.259. The maximum absolute atomic E-state index is 13.3. The van der Waals surface area contributed by atoms with Crippen LogP contribution < -0.4 is 0 Å². The average molecular weight is 516 g/mol. The molecule has 0 radical (unpaired) electrons. The maximum Gasteiger partial charge on any atom is 0.411 e. The van der Waals surface area contributed by atoms with Crippen molar-refractivity contribution in [3.63, 3.8) is 0 Å². The van der Waals surface area contributed by atoms with Crippen LogP contribution in [0.4, 0.5) is 10.5 Å². The van der Waals surface area contributed by atoms with Gasteiger partial charge in [0.2, 0.25) is 0 Å². The summed E-state index contributed by atoms with van der Waals surface area (Å²) in [6, 6.07) is 21.9. The van der Waals surface area contributed by atoms with E-state index in [1.165, 1.54) is 22.9 Å². The van der Waals surface area contributed by atoms with Gasteiger partial charge in [-0.3, -0.25) is 15.0 Å². The van der Waals surface area contributed by atoms with Crippen molar-refractivity contribution in [3.8, 4) is 11.1 Å². The lowest BCUT2D eigenvalue weighted by atomic mass is 9.95. The van der Waals surface area contributed by atoms with E-state index in [2.05, 4.69) is 10.3 Å². The largest absolute Gasteiger partial charge is 0.438 e. The van der Waals surface area contributed by atoms with Gasteiger partial charge in [0.05, 0.1) is 11.0 Å². The molecular formula is C27H25N5O4S. The van der Waals surface area contributed by atoms with Crippen LogP contribution >= 0.6 is 12.2 Å². The monoisotopic (exact) mass is 515 g/mol. The summed E-state index contributed by atoms with van der Waals surface area (Å²) < 4.78 is 7.39. The van der Waals surface area contributed by atoms with Gasteiger partial charge in [-0.25, -0.2) is 9.48 Å². The number of carbonyl (C=O) groups excluding carboxylic acids is 1. The molecule has 1 atom stereocenters. The van der Waals surface area contributed by atoms with Gasteiger partial charge in [-0.05, 0) is 49.4 Å². The lowest BCUT2D eigenvalue weighted by Gasteiger charge is -2.31. The number of thiocarbonyl (C=S) groups is 1. The fourth-order valence-electron chi connectivity index (χ4n) is 4.60. The van der Waals surface area contributed by atoms with Crippen LogP contribution in [-0.4, -0.2) is 48.5 Å². The molecule has 4 aromatic rings. The third-order valence-electron chi connectivity index (χ3n) is 6.65. The molecule has 9 nitrogen and oxygen atoms in total. The molecule has 10 heteroatoms. The number of hydrogen-bond donors (Lipinski definition) is 0. The molecule has 1 fully saturated rings. The van der Waals surface area contributed by atoms with Crippen LogP contribution in [0.3, 0.4) is 0 Å². The number of amides is 1. The molecule has 1 aliphatic heterocycles. The Kier molecular flexibility index (Phi) is 6.43. The summed E-state index contributed by atoms with van der Waals surface area (Å²) in [7, 11) is 0. The number of aromatic nitrogens is 3. The third kappa shape index (κ3) is 4.79. The Balaban J connectivity index is 1.33. The zero-order valence-corrected chi connectivity index (χ0v) is 21.2. The SMILES string of the molecule is CC(C)(OC(=O)N1CCC[C@H]1C(=S)n1nnc2ccc([N+](=O)[O-])cc21)c1ccc(-c2ccccc2)cc1. The highest BCUT2D eigenvalue weighted by Crippen LogP contribution is 2.31. The first-order valence-electron chi connectivity index (χ1n) is 11.9. The molecule has 2 heterocycles. The van der Waals surface area contributed by atoms with Crippen LogP contribution in [0.2, 0.25) is 0 Å². The standard InChI is InChI=1S/C27H25N5O4S/c1-27(2,20-12-10-19(11-13-20)18-7-4-3-5-8-18)36-26(33)30-16-6-9-23(30)25(37)31-24-17-21(32(34)35)14-15-22(24)28-29-31/h3-5,7-8,10-15,17,23H,6,9,16H2,1-2H3/t23-/m0/s1. The first-order valence-corrected chi connectivity index (χ1v) is 12.3. The number of nitro benzene ring substituents is 1. The molecule has 1 amide bonds. The van der Waals surface area contributed by atoms with Crippen molar-refractivity contribution in [2.75, 3.05) is 6.54 Å². The van der Waals surface area contributed by atoms with Gasteiger partial charge in [0.1, 0.15) is 21.6 Å². The van der Waals surface area contributed by atoms with E-state index in [1.54, 1.807) is 4.90 Å². The summed E-state index contributed by atoms with van der Waals surface area (Å²) >= 11 is 5.70. The Morgan fingerprint density at radius 2 is 1.78 bits per heavy atom. The minimum absolute atomic E-state index is 0.0819. The number of non-ortho nitro benzene ring substituents is 1. The molecule has 3 aromatic carbocycles.